The van der Waals surface area contributed by atoms with Crippen LogP contribution in [0.2, 0.25) is 0 Å². The highest BCUT2D eigenvalue weighted by Gasteiger charge is 2.17. The molecule has 1 saturated carbocycles. The molecule has 0 bridgehead atoms. The molecule has 2 heteroatoms. The third kappa shape index (κ3) is 3.57. The fourth-order valence-corrected chi connectivity index (χ4v) is 2.84. The summed E-state index contributed by atoms with van der Waals surface area (Å²) >= 11 is 6.03. The van der Waals surface area contributed by atoms with E-state index in [1.165, 1.54) is 43.7 Å². The summed E-state index contributed by atoms with van der Waals surface area (Å²) in [6.45, 7) is 0. The van der Waals surface area contributed by atoms with Gasteiger partial charge in [0.15, 0.2) is 0 Å². The Balaban J connectivity index is 2.16. The normalized spacial score (nSPS) is 18.4. The van der Waals surface area contributed by atoms with Gasteiger partial charge >= 0.3 is 0 Å². The van der Waals surface area contributed by atoms with Gasteiger partial charge in [0.25, 0.3) is 0 Å². The van der Waals surface area contributed by atoms with Gasteiger partial charge in [-0.2, -0.15) is 0 Å². The summed E-state index contributed by atoms with van der Waals surface area (Å²) in [5, 5.41) is 0. The quantitative estimate of drug-likeness (QED) is 0.662. The number of allylic oxidation sites excluding steroid dienone is 1. The topological polar surface area (TPSA) is 0 Å². The number of hydrogen-bond donors (Lipinski definition) is 0. The first-order chi connectivity index (χ1) is 8.29. The summed E-state index contributed by atoms with van der Waals surface area (Å²) in [4.78, 5) is 0. The highest BCUT2D eigenvalue weighted by atomic mass is 35.5. The van der Waals surface area contributed by atoms with E-state index in [-0.39, 0.29) is 5.82 Å². The van der Waals surface area contributed by atoms with Gasteiger partial charge in [0.2, 0.25) is 0 Å². The maximum atomic E-state index is 13.1. The van der Waals surface area contributed by atoms with Gasteiger partial charge in [0.05, 0.1) is 0 Å². The van der Waals surface area contributed by atoms with Crippen molar-refractivity contribution in [2.24, 2.45) is 5.92 Å². The van der Waals surface area contributed by atoms with Gasteiger partial charge in [0, 0.05) is 5.88 Å². The summed E-state index contributed by atoms with van der Waals surface area (Å²) in [5.41, 5.74) is 2.18. The van der Waals surface area contributed by atoms with E-state index >= 15 is 0 Å². The van der Waals surface area contributed by atoms with Crippen LogP contribution in [0.5, 0.6) is 0 Å². The Kier molecular flexibility index (Phi) is 4.61. The minimum atomic E-state index is -0.184. The van der Waals surface area contributed by atoms with Crippen molar-refractivity contribution in [3.8, 4) is 0 Å². The molecule has 0 N–H and O–H groups in total. The molecule has 1 fully saturated rings. The van der Waals surface area contributed by atoms with Gasteiger partial charge in [0.1, 0.15) is 5.82 Å². The molecule has 1 aromatic rings. The summed E-state index contributed by atoms with van der Waals surface area (Å²) in [5.74, 6) is 0.974. The summed E-state index contributed by atoms with van der Waals surface area (Å²) in [6, 6.07) is 6.71. The van der Waals surface area contributed by atoms with Crippen molar-refractivity contribution >= 4 is 17.7 Å². The molecule has 92 valence electrons. The van der Waals surface area contributed by atoms with Crippen LogP contribution in [0.3, 0.4) is 0 Å². The van der Waals surface area contributed by atoms with Crippen LogP contribution in [0.4, 0.5) is 4.39 Å². The molecule has 1 aliphatic carbocycles. The molecule has 0 saturated heterocycles. The lowest BCUT2D eigenvalue weighted by molar-refractivity contribution is 0.405. The first kappa shape index (κ1) is 12.6. The van der Waals surface area contributed by atoms with Crippen molar-refractivity contribution in [1.29, 1.82) is 0 Å². The maximum absolute atomic E-state index is 13.1. The monoisotopic (exact) mass is 252 g/mol. The van der Waals surface area contributed by atoms with Crippen LogP contribution < -0.4 is 0 Å². The Labute approximate surface area is 107 Å². The van der Waals surface area contributed by atoms with E-state index in [1.807, 2.05) is 6.07 Å². The smallest absolute Gasteiger partial charge is 0.123 e. The average Bonchev–Trinajstić information content (AvgIpc) is 2.37. The molecular formula is C15H18ClF. The van der Waals surface area contributed by atoms with Gasteiger partial charge in [-0.05, 0) is 36.5 Å². The largest absolute Gasteiger partial charge is 0.207 e. The van der Waals surface area contributed by atoms with Crippen molar-refractivity contribution in [3.63, 3.8) is 0 Å². The fraction of sp³-hybridized carbons (Fsp3) is 0.467. The number of benzene rings is 1. The zero-order valence-corrected chi connectivity index (χ0v) is 10.7. The first-order valence-electron chi connectivity index (χ1n) is 6.31. The second kappa shape index (κ2) is 6.20. The van der Waals surface area contributed by atoms with Crippen LogP contribution in [-0.4, -0.2) is 5.88 Å². The van der Waals surface area contributed by atoms with Crippen molar-refractivity contribution < 1.29 is 4.39 Å². The van der Waals surface area contributed by atoms with Crippen LogP contribution in [0, 0.1) is 11.7 Å². The lowest BCUT2D eigenvalue weighted by atomic mass is 9.84. The Hall–Kier alpha value is -0.820. The molecular weight excluding hydrogens is 235 g/mol. The molecule has 0 aliphatic heterocycles. The summed E-state index contributed by atoms with van der Waals surface area (Å²) < 4.78 is 13.1. The minimum absolute atomic E-state index is 0.184. The zero-order chi connectivity index (χ0) is 12.1. The standard InChI is InChI=1S/C15H18ClF/c16-11-14(13-6-2-1-3-7-13)9-12-5-4-8-15(17)10-12/h4-5,8-10,13H,1-3,6-7,11H2. The third-order valence-corrected chi connectivity index (χ3v) is 3.79. The summed E-state index contributed by atoms with van der Waals surface area (Å²) in [7, 11) is 0. The maximum Gasteiger partial charge on any atom is 0.123 e. The van der Waals surface area contributed by atoms with Crippen LogP contribution in [0.1, 0.15) is 37.7 Å². The second-order valence-corrected chi connectivity index (χ2v) is 5.01. The fourth-order valence-electron chi connectivity index (χ4n) is 2.55. The SMILES string of the molecule is Fc1cccc(C=C(CCl)C2CCCCC2)c1. The second-order valence-electron chi connectivity index (χ2n) is 4.74. The molecule has 2 rings (SSSR count). The lowest BCUT2D eigenvalue weighted by Gasteiger charge is -2.23. The van der Waals surface area contributed by atoms with Gasteiger partial charge in [-0.15, -0.1) is 11.6 Å². The van der Waals surface area contributed by atoms with Gasteiger partial charge in [-0.3, -0.25) is 0 Å². The first-order valence-corrected chi connectivity index (χ1v) is 6.85. The average molecular weight is 253 g/mol. The molecule has 0 atom stereocenters. The van der Waals surface area contributed by atoms with Crippen LogP contribution in [0.25, 0.3) is 6.08 Å². The Morgan fingerprint density at radius 1 is 1.29 bits per heavy atom. The summed E-state index contributed by atoms with van der Waals surface area (Å²) in [6.07, 6.45) is 8.45. The van der Waals surface area contributed by atoms with Crippen LogP contribution >= 0.6 is 11.6 Å². The van der Waals surface area contributed by atoms with E-state index in [1.54, 1.807) is 12.1 Å². The van der Waals surface area contributed by atoms with Crippen molar-refractivity contribution in [2.45, 2.75) is 32.1 Å². The van der Waals surface area contributed by atoms with E-state index in [0.717, 1.165) is 5.56 Å². The highest BCUT2D eigenvalue weighted by Crippen LogP contribution is 2.31. The third-order valence-electron chi connectivity index (χ3n) is 3.48. The Morgan fingerprint density at radius 3 is 2.71 bits per heavy atom. The van der Waals surface area contributed by atoms with Crippen molar-refractivity contribution in [1.82, 2.24) is 0 Å². The lowest BCUT2D eigenvalue weighted by Crippen LogP contribution is -2.10. The molecule has 1 aromatic carbocycles. The Bertz CT molecular complexity index is 392. The molecule has 0 amide bonds. The highest BCUT2D eigenvalue weighted by molar-refractivity contribution is 6.19. The van der Waals surface area contributed by atoms with Gasteiger partial charge in [-0.25, -0.2) is 4.39 Å². The minimum Gasteiger partial charge on any atom is -0.207 e. The number of alkyl halides is 1. The van der Waals surface area contributed by atoms with Crippen LogP contribution in [-0.2, 0) is 0 Å². The van der Waals surface area contributed by atoms with Gasteiger partial charge < -0.3 is 0 Å². The predicted octanol–water partition coefficient (Wildman–Crippen LogP) is 5.03. The van der Waals surface area contributed by atoms with Crippen molar-refractivity contribution in [2.75, 3.05) is 5.88 Å². The van der Waals surface area contributed by atoms with E-state index in [9.17, 15) is 4.39 Å². The van der Waals surface area contributed by atoms with Crippen LogP contribution in [0.15, 0.2) is 29.8 Å². The van der Waals surface area contributed by atoms with E-state index in [4.69, 9.17) is 11.6 Å². The molecule has 0 spiro atoms. The molecule has 0 radical (unpaired) electrons. The number of hydrogen-bond acceptors (Lipinski definition) is 0. The molecule has 0 nitrogen and oxygen atoms in total. The predicted molar refractivity (Wildman–Crippen MR) is 71.7 cm³/mol. The Morgan fingerprint density at radius 2 is 2.06 bits per heavy atom. The molecule has 0 unspecified atom stereocenters. The van der Waals surface area contributed by atoms with Gasteiger partial charge in [-0.1, -0.05) is 43.0 Å². The zero-order valence-electron chi connectivity index (χ0n) is 9.96. The van der Waals surface area contributed by atoms with E-state index < -0.39 is 0 Å². The molecule has 0 aromatic heterocycles. The van der Waals surface area contributed by atoms with E-state index in [0.29, 0.717) is 11.8 Å². The number of halogens is 2. The van der Waals surface area contributed by atoms with Crippen molar-refractivity contribution in [3.05, 3.63) is 41.2 Å². The molecule has 0 heterocycles. The van der Waals surface area contributed by atoms with E-state index in [2.05, 4.69) is 6.08 Å². The number of rotatable bonds is 3. The molecule has 1 aliphatic rings. The molecule has 17 heavy (non-hydrogen) atoms.